The van der Waals surface area contributed by atoms with Gasteiger partial charge < -0.3 is 14.7 Å². The van der Waals surface area contributed by atoms with Gasteiger partial charge in [0.2, 0.25) is 0 Å². The van der Waals surface area contributed by atoms with Gasteiger partial charge in [0, 0.05) is 51.1 Å². The van der Waals surface area contributed by atoms with Crippen molar-refractivity contribution in [2.24, 2.45) is 0 Å². The number of benzene rings is 8. The van der Waals surface area contributed by atoms with E-state index in [1.54, 1.807) is 0 Å². The van der Waals surface area contributed by atoms with Crippen molar-refractivity contribution in [3.8, 4) is 11.1 Å². The van der Waals surface area contributed by atoms with Gasteiger partial charge in [0.15, 0.2) is 0 Å². The van der Waals surface area contributed by atoms with E-state index in [4.69, 9.17) is 0 Å². The van der Waals surface area contributed by atoms with Gasteiger partial charge in [-0.15, -0.1) is 0 Å². The Morgan fingerprint density at radius 1 is 0.443 bits per heavy atom. The molecule has 11 rings (SSSR count). The van der Waals surface area contributed by atoms with Crippen LogP contribution in [0.5, 0.6) is 0 Å². The first-order valence-corrected chi connectivity index (χ1v) is 25.6. The quantitative estimate of drug-likeness (QED) is 0.154. The van der Waals surface area contributed by atoms with Gasteiger partial charge in [0.25, 0.3) is 6.71 Å². The zero-order chi connectivity index (χ0) is 49.1. The number of aryl methyl sites for hydroxylation is 2. The largest absolute Gasteiger partial charge is 0.311 e. The zero-order valence-corrected chi connectivity index (χ0v) is 43.5. The van der Waals surface area contributed by atoms with Crippen LogP contribution in [-0.2, 0) is 21.7 Å². The minimum atomic E-state index is -0.0236. The maximum absolute atomic E-state index is 2.67. The molecule has 0 saturated heterocycles. The fraction of sp³-hybridized carbons (Fsp3) is 0.273. The number of para-hydroxylation sites is 2. The summed E-state index contributed by atoms with van der Waals surface area (Å²) in [5.41, 5.74) is 25.4. The Balaban J connectivity index is 1.26. The standard InChI is InChI=1S/C66H68BN3/c1-43-36-60-62-61(37-43)70(57-33-29-47(64(6,7)8)39-51(57)45-22-16-13-17-23-45)59-42-53-52(65(9,10)34-35-66(53,11)12)41-55(59)67(62)54-31-30-50(68(48-24-18-14-19-25-48)49-26-20-15-21-27-49)40-58(54)69(60)56-32-28-46(38-44(56)2)63(3,4)5/h13-33,36-42H,34-35H2,1-12H3. The Bertz CT molecular complexity index is 3280. The molecule has 3 aliphatic rings. The lowest BCUT2D eigenvalue weighted by atomic mass is 9.33. The van der Waals surface area contributed by atoms with E-state index in [2.05, 4.69) is 268 Å². The molecule has 0 N–H and O–H groups in total. The Morgan fingerprint density at radius 3 is 1.50 bits per heavy atom. The Labute approximate surface area is 418 Å². The molecule has 70 heavy (non-hydrogen) atoms. The molecule has 3 nitrogen and oxygen atoms in total. The third kappa shape index (κ3) is 7.57. The van der Waals surface area contributed by atoms with Gasteiger partial charge in [-0.1, -0.05) is 166 Å². The van der Waals surface area contributed by atoms with Gasteiger partial charge in [-0.3, -0.25) is 0 Å². The Kier molecular flexibility index (Phi) is 10.7. The Morgan fingerprint density at radius 2 is 0.943 bits per heavy atom. The number of nitrogens with zero attached hydrogens (tertiary/aromatic N) is 3. The van der Waals surface area contributed by atoms with E-state index >= 15 is 0 Å². The number of anilines is 9. The van der Waals surface area contributed by atoms with Gasteiger partial charge in [0.1, 0.15) is 0 Å². The minimum absolute atomic E-state index is 0.0143. The fourth-order valence-corrected chi connectivity index (χ4v) is 11.9. The SMILES string of the molecule is Cc1cc2c3c(c1)N(c1ccc(C(C)(C)C)cc1-c1ccccc1)c1cc4c(cc1B3c1ccc(N(c3ccccc3)c3ccccc3)cc1N2c1ccc(C(C)(C)C)cc1C)C(C)(C)CCC4(C)C. The average molecular weight is 914 g/mol. The first-order chi connectivity index (χ1) is 33.3. The lowest BCUT2D eigenvalue weighted by Gasteiger charge is -2.48. The highest BCUT2D eigenvalue weighted by Crippen LogP contribution is 2.53. The average Bonchev–Trinajstić information content (AvgIpc) is 3.33. The molecule has 2 heterocycles. The van der Waals surface area contributed by atoms with Crippen LogP contribution in [0.25, 0.3) is 11.1 Å². The van der Waals surface area contributed by atoms with Crippen molar-refractivity contribution in [1.82, 2.24) is 0 Å². The molecule has 0 fully saturated rings. The summed E-state index contributed by atoms with van der Waals surface area (Å²) in [6, 6.07) is 64.8. The van der Waals surface area contributed by atoms with Crippen molar-refractivity contribution >= 4 is 74.3 Å². The normalized spacial score (nSPS) is 15.5. The molecule has 0 aromatic heterocycles. The van der Waals surface area contributed by atoms with Crippen LogP contribution in [0.3, 0.4) is 0 Å². The smallest absolute Gasteiger partial charge is 0.252 e. The van der Waals surface area contributed by atoms with Crippen molar-refractivity contribution < 1.29 is 0 Å². The molecule has 1 aliphatic carbocycles. The molecule has 0 unspecified atom stereocenters. The first-order valence-electron chi connectivity index (χ1n) is 25.6. The molecule has 350 valence electrons. The number of hydrogen-bond acceptors (Lipinski definition) is 3. The molecule has 4 heteroatoms. The summed E-state index contributed by atoms with van der Waals surface area (Å²) in [5, 5.41) is 0. The van der Waals surface area contributed by atoms with Gasteiger partial charge in [-0.25, -0.2) is 0 Å². The second-order valence-electron chi connectivity index (χ2n) is 23.9. The monoisotopic (exact) mass is 914 g/mol. The van der Waals surface area contributed by atoms with Crippen LogP contribution >= 0.6 is 0 Å². The van der Waals surface area contributed by atoms with E-state index in [0.29, 0.717) is 0 Å². The highest BCUT2D eigenvalue weighted by Gasteiger charge is 2.47. The minimum Gasteiger partial charge on any atom is -0.311 e. The van der Waals surface area contributed by atoms with Crippen molar-refractivity contribution in [1.29, 1.82) is 0 Å². The van der Waals surface area contributed by atoms with Gasteiger partial charge in [0.05, 0.1) is 5.69 Å². The third-order valence-electron chi connectivity index (χ3n) is 15.9. The summed E-state index contributed by atoms with van der Waals surface area (Å²) in [6.45, 7) is 28.4. The summed E-state index contributed by atoms with van der Waals surface area (Å²) >= 11 is 0. The molecule has 8 aromatic carbocycles. The molecular weight excluding hydrogens is 846 g/mol. The summed E-state index contributed by atoms with van der Waals surface area (Å²) in [7, 11) is 0. The van der Waals surface area contributed by atoms with E-state index in [9.17, 15) is 0 Å². The molecule has 0 spiro atoms. The number of fused-ring (bicyclic) bond motifs is 5. The molecule has 0 atom stereocenters. The van der Waals surface area contributed by atoms with Crippen LogP contribution in [-0.4, -0.2) is 6.71 Å². The van der Waals surface area contributed by atoms with Gasteiger partial charge >= 0.3 is 0 Å². The van der Waals surface area contributed by atoms with Gasteiger partial charge in [-0.2, -0.15) is 0 Å². The highest BCUT2D eigenvalue weighted by molar-refractivity contribution is 7.00. The van der Waals surface area contributed by atoms with E-state index in [-0.39, 0.29) is 28.4 Å². The van der Waals surface area contributed by atoms with Crippen molar-refractivity contribution in [2.45, 2.75) is 118 Å². The summed E-state index contributed by atoms with van der Waals surface area (Å²) < 4.78 is 0. The lowest BCUT2D eigenvalue weighted by molar-refractivity contribution is 0.332. The third-order valence-corrected chi connectivity index (χ3v) is 15.9. The molecule has 0 radical (unpaired) electrons. The second-order valence-corrected chi connectivity index (χ2v) is 23.9. The van der Waals surface area contributed by atoms with Crippen molar-refractivity contribution in [3.63, 3.8) is 0 Å². The molecule has 0 bridgehead atoms. The predicted molar refractivity (Wildman–Crippen MR) is 303 cm³/mol. The summed E-state index contributed by atoms with van der Waals surface area (Å²) in [4.78, 5) is 7.70. The lowest BCUT2D eigenvalue weighted by Crippen LogP contribution is -2.62. The molecular formula is C66H68BN3. The molecule has 8 aromatic rings. The van der Waals surface area contributed by atoms with E-state index in [1.807, 2.05) is 0 Å². The van der Waals surface area contributed by atoms with Crippen LogP contribution in [0, 0.1) is 13.8 Å². The summed E-state index contributed by atoms with van der Waals surface area (Å²) in [6.07, 6.45) is 2.30. The van der Waals surface area contributed by atoms with Crippen molar-refractivity contribution in [2.75, 3.05) is 14.7 Å². The van der Waals surface area contributed by atoms with Crippen LogP contribution in [0.4, 0.5) is 51.2 Å². The highest BCUT2D eigenvalue weighted by atomic mass is 15.2. The number of hydrogen-bond donors (Lipinski definition) is 0. The van der Waals surface area contributed by atoms with E-state index in [1.165, 1.54) is 95.0 Å². The topological polar surface area (TPSA) is 9.72 Å². The van der Waals surface area contributed by atoms with Crippen LogP contribution in [0.15, 0.2) is 170 Å². The fourth-order valence-electron chi connectivity index (χ4n) is 11.9. The predicted octanol–water partition coefficient (Wildman–Crippen LogP) is 16.5. The van der Waals surface area contributed by atoms with Crippen molar-refractivity contribution in [3.05, 3.63) is 203 Å². The maximum Gasteiger partial charge on any atom is 0.252 e. The molecule has 2 aliphatic heterocycles. The zero-order valence-electron chi connectivity index (χ0n) is 43.5. The molecule has 0 saturated carbocycles. The van der Waals surface area contributed by atoms with Crippen LogP contribution < -0.4 is 31.1 Å². The van der Waals surface area contributed by atoms with Gasteiger partial charge in [-0.05, 0) is 176 Å². The maximum atomic E-state index is 2.67. The summed E-state index contributed by atoms with van der Waals surface area (Å²) in [5.74, 6) is 0. The number of rotatable bonds is 6. The van der Waals surface area contributed by atoms with Crippen LogP contribution in [0.2, 0.25) is 0 Å². The van der Waals surface area contributed by atoms with E-state index in [0.717, 1.165) is 29.9 Å². The second kappa shape index (κ2) is 16.4. The van der Waals surface area contributed by atoms with Crippen LogP contribution in [0.1, 0.15) is 115 Å². The first kappa shape index (κ1) is 45.7. The van der Waals surface area contributed by atoms with E-state index < -0.39 is 0 Å². The Hall–Kier alpha value is -6.78. The molecule has 0 amide bonds.